The lowest BCUT2D eigenvalue weighted by molar-refractivity contribution is 0.225. The van der Waals surface area contributed by atoms with E-state index in [1.54, 1.807) is 0 Å². The minimum absolute atomic E-state index is 0.525. The molecule has 0 fully saturated rings. The maximum atomic E-state index is 3.50. The van der Waals surface area contributed by atoms with Crippen molar-refractivity contribution in [1.82, 2.24) is 10.2 Å². The van der Waals surface area contributed by atoms with Gasteiger partial charge in [0.1, 0.15) is 0 Å². The van der Waals surface area contributed by atoms with Crippen LogP contribution in [0.25, 0.3) is 0 Å². The van der Waals surface area contributed by atoms with Gasteiger partial charge in [0.05, 0.1) is 0 Å². The van der Waals surface area contributed by atoms with E-state index in [2.05, 4.69) is 62.5 Å². The van der Waals surface area contributed by atoms with Crippen LogP contribution in [0.15, 0.2) is 17.5 Å². The minimum atomic E-state index is 0.525. The molecular weight excluding hydrogens is 228 g/mol. The Morgan fingerprint density at radius 3 is 2.53 bits per heavy atom. The maximum absolute atomic E-state index is 3.50. The van der Waals surface area contributed by atoms with Crippen LogP contribution in [0.2, 0.25) is 0 Å². The van der Waals surface area contributed by atoms with Crippen LogP contribution in [-0.4, -0.2) is 31.1 Å². The number of hydrogen-bond acceptors (Lipinski definition) is 3. The molecule has 17 heavy (non-hydrogen) atoms. The molecule has 1 aromatic heterocycles. The Hall–Kier alpha value is -0.380. The van der Waals surface area contributed by atoms with Gasteiger partial charge in [0.2, 0.25) is 0 Å². The molecule has 1 N–H and O–H groups in total. The predicted octanol–water partition coefficient (Wildman–Crippen LogP) is 3.38. The first kappa shape index (κ1) is 14.7. The monoisotopic (exact) mass is 254 g/mol. The molecule has 0 radical (unpaired) electrons. The molecule has 2 unspecified atom stereocenters. The summed E-state index contributed by atoms with van der Waals surface area (Å²) in [5.74, 6) is 0.685. The van der Waals surface area contributed by atoms with E-state index in [-0.39, 0.29) is 0 Å². The van der Waals surface area contributed by atoms with E-state index < -0.39 is 0 Å². The highest BCUT2D eigenvalue weighted by atomic mass is 32.1. The van der Waals surface area contributed by atoms with Crippen molar-refractivity contribution in [2.75, 3.05) is 20.1 Å². The van der Waals surface area contributed by atoms with Crippen LogP contribution in [0, 0.1) is 5.92 Å². The zero-order valence-corrected chi connectivity index (χ0v) is 12.6. The molecule has 1 aromatic rings. The van der Waals surface area contributed by atoms with Crippen molar-refractivity contribution in [3.63, 3.8) is 0 Å². The van der Waals surface area contributed by atoms with E-state index in [0.717, 1.165) is 13.1 Å². The third-order valence-electron chi connectivity index (χ3n) is 3.09. The average Bonchev–Trinajstić information content (AvgIpc) is 2.78. The summed E-state index contributed by atoms with van der Waals surface area (Å²) in [6, 6.07) is 5.46. The molecule has 2 atom stereocenters. The standard InChI is InChI=1S/C14H26N2S/c1-11(2)15-9-12(3)10-16(5)13(4)14-7-6-8-17-14/h6-8,11-13,15H,9-10H2,1-5H3. The van der Waals surface area contributed by atoms with Gasteiger partial charge in [-0.2, -0.15) is 0 Å². The van der Waals surface area contributed by atoms with Gasteiger partial charge in [-0.05, 0) is 37.9 Å². The summed E-state index contributed by atoms with van der Waals surface area (Å²) in [7, 11) is 2.22. The van der Waals surface area contributed by atoms with Gasteiger partial charge >= 0.3 is 0 Å². The second kappa shape index (κ2) is 7.14. The molecule has 3 heteroatoms. The number of rotatable bonds is 7. The van der Waals surface area contributed by atoms with Crippen molar-refractivity contribution in [3.05, 3.63) is 22.4 Å². The molecule has 0 spiro atoms. The normalized spacial score (nSPS) is 15.5. The van der Waals surface area contributed by atoms with Gasteiger partial charge < -0.3 is 5.32 Å². The van der Waals surface area contributed by atoms with Gasteiger partial charge in [-0.3, -0.25) is 4.90 Å². The van der Waals surface area contributed by atoms with Gasteiger partial charge in [-0.1, -0.05) is 26.8 Å². The summed E-state index contributed by atoms with van der Waals surface area (Å²) in [4.78, 5) is 3.90. The van der Waals surface area contributed by atoms with Crippen molar-refractivity contribution < 1.29 is 0 Å². The minimum Gasteiger partial charge on any atom is -0.314 e. The molecule has 0 amide bonds. The first-order valence-electron chi connectivity index (χ1n) is 6.47. The molecule has 0 bridgehead atoms. The fourth-order valence-corrected chi connectivity index (χ4v) is 2.75. The van der Waals surface area contributed by atoms with Crippen LogP contribution in [0.3, 0.4) is 0 Å². The molecule has 1 rings (SSSR count). The smallest absolute Gasteiger partial charge is 0.0410 e. The van der Waals surface area contributed by atoms with Crippen LogP contribution in [0.1, 0.15) is 38.6 Å². The number of hydrogen-bond donors (Lipinski definition) is 1. The summed E-state index contributed by atoms with van der Waals surface area (Å²) in [5.41, 5.74) is 0. The molecule has 2 nitrogen and oxygen atoms in total. The number of nitrogens with one attached hydrogen (secondary N) is 1. The molecular formula is C14H26N2S. The van der Waals surface area contributed by atoms with Crippen LogP contribution < -0.4 is 5.32 Å². The van der Waals surface area contributed by atoms with Crippen molar-refractivity contribution in [2.45, 2.75) is 39.8 Å². The summed E-state index contributed by atoms with van der Waals surface area (Å²) in [5, 5.41) is 5.66. The summed E-state index contributed by atoms with van der Waals surface area (Å²) < 4.78 is 0. The number of thiophene rings is 1. The Bertz CT molecular complexity index is 295. The van der Waals surface area contributed by atoms with Gasteiger partial charge in [0, 0.05) is 23.5 Å². The quantitative estimate of drug-likeness (QED) is 0.802. The highest BCUT2D eigenvalue weighted by Crippen LogP contribution is 2.23. The predicted molar refractivity (Wildman–Crippen MR) is 77.7 cm³/mol. The fourth-order valence-electron chi connectivity index (χ4n) is 1.90. The number of nitrogens with zero attached hydrogens (tertiary/aromatic N) is 1. The van der Waals surface area contributed by atoms with Crippen molar-refractivity contribution in [1.29, 1.82) is 0 Å². The molecule has 0 saturated heterocycles. The third-order valence-corrected chi connectivity index (χ3v) is 4.13. The largest absolute Gasteiger partial charge is 0.314 e. The summed E-state index contributed by atoms with van der Waals surface area (Å²) in [6.07, 6.45) is 0. The third kappa shape index (κ3) is 5.19. The van der Waals surface area contributed by atoms with E-state index in [1.807, 2.05) is 11.3 Å². The lowest BCUT2D eigenvalue weighted by Gasteiger charge is -2.27. The molecule has 0 aliphatic heterocycles. The molecule has 0 aliphatic rings. The zero-order chi connectivity index (χ0) is 12.8. The second-order valence-electron chi connectivity index (χ2n) is 5.30. The Kier molecular flexibility index (Phi) is 6.17. The molecule has 0 aliphatic carbocycles. The van der Waals surface area contributed by atoms with Crippen LogP contribution in [0.5, 0.6) is 0 Å². The van der Waals surface area contributed by atoms with E-state index in [4.69, 9.17) is 0 Å². The first-order valence-corrected chi connectivity index (χ1v) is 7.35. The molecule has 1 heterocycles. The second-order valence-corrected chi connectivity index (χ2v) is 6.28. The van der Waals surface area contributed by atoms with E-state index >= 15 is 0 Å². The Morgan fingerprint density at radius 2 is 2.00 bits per heavy atom. The summed E-state index contributed by atoms with van der Waals surface area (Å²) in [6.45, 7) is 11.2. The van der Waals surface area contributed by atoms with Crippen molar-refractivity contribution >= 4 is 11.3 Å². The summed E-state index contributed by atoms with van der Waals surface area (Å²) >= 11 is 1.85. The Morgan fingerprint density at radius 1 is 1.29 bits per heavy atom. The molecule has 98 valence electrons. The van der Waals surface area contributed by atoms with Crippen LogP contribution in [0.4, 0.5) is 0 Å². The highest BCUT2D eigenvalue weighted by Gasteiger charge is 2.15. The Labute approximate surface area is 110 Å². The van der Waals surface area contributed by atoms with Crippen molar-refractivity contribution in [3.8, 4) is 0 Å². The topological polar surface area (TPSA) is 15.3 Å². The van der Waals surface area contributed by atoms with E-state index in [9.17, 15) is 0 Å². The Balaban J connectivity index is 2.35. The van der Waals surface area contributed by atoms with Crippen molar-refractivity contribution in [2.24, 2.45) is 5.92 Å². The lowest BCUT2D eigenvalue weighted by Crippen LogP contribution is -2.34. The molecule has 0 saturated carbocycles. The average molecular weight is 254 g/mol. The zero-order valence-electron chi connectivity index (χ0n) is 11.7. The van der Waals surface area contributed by atoms with Gasteiger partial charge in [-0.25, -0.2) is 0 Å². The highest BCUT2D eigenvalue weighted by molar-refractivity contribution is 7.10. The van der Waals surface area contributed by atoms with E-state index in [0.29, 0.717) is 18.0 Å². The van der Waals surface area contributed by atoms with Gasteiger partial charge in [0.15, 0.2) is 0 Å². The maximum Gasteiger partial charge on any atom is 0.0410 e. The van der Waals surface area contributed by atoms with Crippen LogP contribution >= 0.6 is 11.3 Å². The first-order chi connectivity index (χ1) is 8.00. The fraction of sp³-hybridized carbons (Fsp3) is 0.714. The van der Waals surface area contributed by atoms with Gasteiger partial charge in [0.25, 0.3) is 0 Å². The lowest BCUT2D eigenvalue weighted by atomic mass is 10.1. The van der Waals surface area contributed by atoms with E-state index in [1.165, 1.54) is 4.88 Å². The SMILES string of the molecule is CC(CNC(C)C)CN(C)C(C)c1cccs1. The van der Waals surface area contributed by atoms with Crippen LogP contribution in [-0.2, 0) is 0 Å². The van der Waals surface area contributed by atoms with Gasteiger partial charge in [-0.15, -0.1) is 11.3 Å². The molecule has 0 aromatic carbocycles.